The molecular weight excluding hydrogens is 392 g/mol. The quantitative estimate of drug-likeness (QED) is 0.572. The maximum Gasteiger partial charge on any atom is 0.317 e. The average Bonchev–Trinajstić information content (AvgIpc) is 2.49. The molecule has 1 rings (SSSR count). The van der Waals surface area contributed by atoms with Crippen molar-refractivity contribution in [3.05, 3.63) is 27.2 Å². The predicted molar refractivity (Wildman–Crippen MR) is 98.0 cm³/mol. The molecule has 1 amide bonds. The Hall–Kier alpha value is -1.93. The smallest absolute Gasteiger partial charge is 0.317 e. The van der Waals surface area contributed by atoms with Crippen LogP contribution in [0.15, 0.2) is 10.5 Å². The van der Waals surface area contributed by atoms with Gasteiger partial charge in [0.25, 0.3) is 0 Å². The molecule has 1 aromatic carbocycles. The molecule has 0 aliphatic rings. The number of nitrogens with one attached hydrogen (secondary N) is 1. The molecule has 0 saturated carbocycles. The number of carbonyl (C=O) groups is 3. The third-order valence-electron chi connectivity index (χ3n) is 3.71. The molecule has 138 valence electrons. The van der Waals surface area contributed by atoms with Crippen molar-refractivity contribution >= 4 is 39.5 Å². The molecule has 0 bridgehead atoms. The Kier molecular flexibility index (Phi) is 8.05. The van der Waals surface area contributed by atoms with Crippen molar-refractivity contribution in [2.75, 3.05) is 25.0 Å². The highest BCUT2D eigenvalue weighted by molar-refractivity contribution is 9.10. The Morgan fingerprint density at radius 1 is 1.08 bits per heavy atom. The van der Waals surface area contributed by atoms with Gasteiger partial charge in [0.05, 0.1) is 19.6 Å². The molecule has 0 aromatic heterocycles. The lowest BCUT2D eigenvalue weighted by Gasteiger charge is -2.21. The molecule has 0 saturated heterocycles. The van der Waals surface area contributed by atoms with Gasteiger partial charge in [-0.25, -0.2) is 0 Å². The number of carboxylic acids is 2. The van der Waals surface area contributed by atoms with Gasteiger partial charge in [-0.1, -0.05) is 35.8 Å². The molecule has 0 radical (unpaired) electrons. The van der Waals surface area contributed by atoms with E-state index < -0.39 is 30.9 Å². The number of rotatable bonds is 9. The fourth-order valence-corrected chi connectivity index (χ4v) is 3.23. The zero-order valence-corrected chi connectivity index (χ0v) is 16.1. The first-order chi connectivity index (χ1) is 11.7. The van der Waals surface area contributed by atoms with Crippen molar-refractivity contribution in [3.8, 4) is 0 Å². The summed E-state index contributed by atoms with van der Waals surface area (Å²) in [5.41, 5.74) is 3.73. The molecule has 0 fully saturated rings. The van der Waals surface area contributed by atoms with E-state index in [2.05, 4.69) is 21.2 Å². The molecule has 25 heavy (non-hydrogen) atoms. The van der Waals surface area contributed by atoms with Gasteiger partial charge in [-0.05, 0) is 36.5 Å². The van der Waals surface area contributed by atoms with Gasteiger partial charge in [0.15, 0.2) is 0 Å². The highest BCUT2D eigenvalue weighted by Gasteiger charge is 2.19. The van der Waals surface area contributed by atoms with Gasteiger partial charge in [-0.3, -0.25) is 19.3 Å². The van der Waals surface area contributed by atoms with Gasteiger partial charge < -0.3 is 15.5 Å². The molecule has 7 nitrogen and oxygen atoms in total. The second-order valence-corrected chi connectivity index (χ2v) is 6.50. The van der Waals surface area contributed by atoms with E-state index in [0.717, 1.165) is 32.5 Å². The number of anilines is 1. The second-order valence-electron chi connectivity index (χ2n) is 5.71. The van der Waals surface area contributed by atoms with Crippen molar-refractivity contribution < 1.29 is 24.6 Å². The first-order valence-corrected chi connectivity index (χ1v) is 8.75. The SMILES string of the molecule is CCc1cc(C)c(Br)c(CC)c1NC(=O)CN(CC(=O)O)CC(=O)O. The monoisotopic (exact) mass is 414 g/mol. The average molecular weight is 415 g/mol. The van der Waals surface area contributed by atoms with Crippen LogP contribution in [0.1, 0.15) is 30.5 Å². The summed E-state index contributed by atoms with van der Waals surface area (Å²) in [5.74, 6) is -2.81. The van der Waals surface area contributed by atoms with E-state index in [9.17, 15) is 14.4 Å². The molecule has 0 aliphatic heterocycles. The number of hydrogen-bond acceptors (Lipinski definition) is 4. The Labute approximate surface area is 155 Å². The summed E-state index contributed by atoms with van der Waals surface area (Å²) in [5, 5.41) is 20.5. The van der Waals surface area contributed by atoms with Crippen molar-refractivity contribution in [2.24, 2.45) is 0 Å². The highest BCUT2D eigenvalue weighted by atomic mass is 79.9. The van der Waals surface area contributed by atoms with Crippen LogP contribution in [0, 0.1) is 6.92 Å². The van der Waals surface area contributed by atoms with Crippen LogP contribution in [0.2, 0.25) is 0 Å². The van der Waals surface area contributed by atoms with Crippen molar-refractivity contribution in [1.82, 2.24) is 4.90 Å². The lowest BCUT2D eigenvalue weighted by Crippen LogP contribution is -2.40. The van der Waals surface area contributed by atoms with Gasteiger partial charge in [-0.2, -0.15) is 0 Å². The molecule has 0 atom stereocenters. The van der Waals surface area contributed by atoms with Crippen LogP contribution in [0.3, 0.4) is 0 Å². The van der Waals surface area contributed by atoms with Crippen LogP contribution >= 0.6 is 15.9 Å². The van der Waals surface area contributed by atoms with Gasteiger partial charge in [0, 0.05) is 10.2 Å². The molecule has 0 unspecified atom stereocenters. The van der Waals surface area contributed by atoms with E-state index in [1.807, 2.05) is 26.8 Å². The van der Waals surface area contributed by atoms with E-state index in [1.54, 1.807) is 0 Å². The minimum atomic E-state index is -1.18. The topological polar surface area (TPSA) is 107 Å². The minimum absolute atomic E-state index is 0.309. The molecule has 0 heterocycles. The van der Waals surface area contributed by atoms with Crippen LogP contribution in [0.5, 0.6) is 0 Å². The van der Waals surface area contributed by atoms with Crippen molar-refractivity contribution in [3.63, 3.8) is 0 Å². The zero-order chi connectivity index (χ0) is 19.1. The maximum absolute atomic E-state index is 12.4. The fraction of sp³-hybridized carbons (Fsp3) is 0.471. The first-order valence-electron chi connectivity index (χ1n) is 7.96. The summed E-state index contributed by atoms with van der Waals surface area (Å²) in [7, 11) is 0. The van der Waals surface area contributed by atoms with E-state index in [0.29, 0.717) is 12.1 Å². The van der Waals surface area contributed by atoms with Gasteiger partial charge in [-0.15, -0.1) is 0 Å². The number of amides is 1. The highest BCUT2D eigenvalue weighted by Crippen LogP contribution is 2.32. The Bertz CT molecular complexity index is 659. The Balaban J connectivity index is 3.03. The number of aliphatic carboxylic acids is 2. The number of nitrogens with zero attached hydrogens (tertiary/aromatic N) is 1. The van der Waals surface area contributed by atoms with E-state index in [1.165, 1.54) is 0 Å². The third-order valence-corrected chi connectivity index (χ3v) is 4.81. The van der Waals surface area contributed by atoms with Crippen LogP contribution < -0.4 is 5.32 Å². The van der Waals surface area contributed by atoms with E-state index in [4.69, 9.17) is 10.2 Å². The van der Waals surface area contributed by atoms with E-state index in [-0.39, 0.29) is 6.54 Å². The summed E-state index contributed by atoms with van der Waals surface area (Å²) in [6, 6.07) is 1.99. The number of halogens is 1. The Morgan fingerprint density at radius 3 is 2.08 bits per heavy atom. The largest absolute Gasteiger partial charge is 0.480 e. The molecule has 1 aromatic rings. The van der Waals surface area contributed by atoms with Gasteiger partial charge in [0.1, 0.15) is 0 Å². The zero-order valence-electron chi connectivity index (χ0n) is 14.6. The van der Waals surface area contributed by atoms with Gasteiger partial charge in [0.2, 0.25) is 5.91 Å². The molecular formula is C17H23BrN2O5. The fourth-order valence-electron chi connectivity index (χ4n) is 2.64. The van der Waals surface area contributed by atoms with Crippen LogP contribution in [0.25, 0.3) is 0 Å². The third kappa shape index (κ3) is 6.13. The Morgan fingerprint density at radius 2 is 1.64 bits per heavy atom. The molecule has 8 heteroatoms. The summed E-state index contributed by atoms with van der Waals surface area (Å²) in [4.78, 5) is 35.1. The molecule has 0 spiro atoms. The van der Waals surface area contributed by atoms with E-state index >= 15 is 0 Å². The summed E-state index contributed by atoms with van der Waals surface area (Å²) >= 11 is 3.54. The lowest BCUT2D eigenvalue weighted by atomic mass is 9.99. The van der Waals surface area contributed by atoms with Crippen LogP contribution in [-0.2, 0) is 27.2 Å². The van der Waals surface area contributed by atoms with Crippen molar-refractivity contribution in [1.29, 1.82) is 0 Å². The normalized spacial score (nSPS) is 10.8. The predicted octanol–water partition coefficient (Wildman–Crippen LogP) is 2.29. The number of hydrogen-bond donors (Lipinski definition) is 3. The number of carboxylic acid groups (broad SMARTS) is 2. The van der Waals surface area contributed by atoms with Crippen LogP contribution in [0.4, 0.5) is 5.69 Å². The summed E-state index contributed by atoms with van der Waals surface area (Å²) < 4.78 is 0.926. The standard InChI is InChI=1S/C17H23BrN2O5/c1-4-11-6-10(3)16(18)12(5-2)17(11)19-13(21)7-20(8-14(22)23)9-15(24)25/h6H,4-5,7-9H2,1-3H3,(H,19,21)(H,22,23)(H,24,25). The number of benzene rings is 1. The summed E-state index contributed by atoms with van der Waals surface area (Å²) in [6.07, 6.45) is 1.43. The van der Waals surface area contributed by atoms with Crippen molar-refractivity contribution in [2.45, 2.75) is 33.6 Å². The number of carbonyl (C=O) groups excluding carboxylic acids is 1. The number of aryl methyl sites for hydroxylation is 2. The van der Waals surface area contributed by atoms with Gasteiger partial charge >= 0.3 is 11.9 Å². The first kappa shape index (κ1) is 21.1. The molecule has 0 aliphatic carbocycles. The summed E-state index contributed by atoms with van der Waals surface area (Å²) in [6.45, 7) is 4.61. The maximum atomic E-state index is 12.4. The molecule has 3 N–H and O–H groups in total. The second kappa shape index (κ2) is 9.53. The van der Waals surface area contributed by atoms with Crippen LogP contribution in [-0.4, -0.2) is 52.6 Å². The lowest BCUT2D eigenvalue weighted by molar-refractivity contribution is -0.142. The minimum Gasteiger partial charge on any atom is -0.480 e.